The number of carboxylic acids is 1. The minimum atomic E-state index is -0.962. The molecule has 0 aromatic rings. The maximum atomic E-state index is 11.5. The van der Waals surface area contributed by atoms with E-state index in [0.717, 1.165) is 9.91 Å². The van der Waals surface area contributed by atoms with Crippen molar-refractivity contribution in [3.63, 3.8) is 0 Å². The van der Waals surface area contributed by atoms with Crippen LogP contribution >= 0.6 is 0 Å². The van der Waals surface area contributed by atoms with E-state index >= 15 is 0 Å². The first-order valence-corrected chi connectivity index (χ1v) is 6.44. The van der Waals surface area contributed by atoms with Gasteiger partial charge in [-0.05, 0) is 13.3 Å². The summed E-state index contributed by atoms with van der Waals surface area (Å²) in [5.74, 6) is -1.68. The second-order valence-corrected chi connectivity index (χ2v) is 4.58. The average molecular weight is 302 g/mol. The third-order valence-corrected chi connectivity index (χ3v) is 2.89. The number of aliphatic carboxylic acids is 1. The number of rotatable bonds is 8. The summed E-state index contributed by atoms with van der Waals surface area (Å²) in [6, 6.07) is 0. The van der Waals surface area contributed by atoms with E-state index in [4.69, 9.17) is 9.94 Å². The Kier molecular flexibility index (Phi) is 5.88. The largest absolute Gasteiger partial charge is 0.569 e. The molecule has 10 nitrogen and oxygen atoms in total. The molecule has 0 spiro atoms. The van der Waals surface area contributed by atoms with Crippen molar-refractivity contribution in [2.75, 3.05) is 13.6 Å². The van der Waals surface area contributed by atoms with Crippen molar-refractivity contribution < 1.29 is 29.3 Å². The van der Waals surface area contributed by atoms with Gasteiger partial charge < -0.3 is 15.2 Å². The molecule has 0 bridgehead atoms. The van der Waals surface area contributed by atoms with Crippen LogP contribution in [0.1, 0.15) is 32.6 Å². The average Bonchev–Trinajstić information content (AvgIpc) is 2.74. The SMILES string of the molecule is CC(O/N=[N+](/[O-])N(C)CCCC(=O)O)N1C(=O)CCC1=O. The molecule has 0 aromatic carbocycles. The van der Waals surface area contributed by atoms with Crippen LogP contribution < -0.4 is 0 Å². The number of carbonyl (C=O) groups excluding carboxylic acids is 2. The van der Waals surface area contributed by atoms with Gasteiger partial charge in [-0.3, -0.25) is 14.4 Å². The van der Waals surface area contributed by atoms with Gasteiger partial charge in [-0.1, -0.05) is 0 Å². The van der Waals surface area contributed by atoms with Crippen LogP contribution in [-0.4, -0.2) is 57.6 Å². The predicted molar refractivity (Wildman–Crippen MR) is 67.2 cm³/mol. The van der Waals surface area contributed by atoms with Crippen molar-refractivity contribution in [1.82, 2.24) is 9.91 Å². The van der Waals surface area contributed by atoms with E-state index < -0.39 is 12.2 Å². The molecule has 1 heterocycles. The summed E-state index contributed by atoms with van der Waals surface area (Å²) in [6.07, 6.45) is -0.493. The predicted octanol–water partition coefficient (Wildman–Crippen LogP) is 0.0871. The summed E-state index contributed by atoms with van der Waals surface area (Å²) in [4.78, 5) is 39.1. The number of hydrazine groups is 1. The number of carboxylic acid groups (broad SMARTS) is 1. The molecule has 0 saturated carbocycles. The van der Waals surface area contributed by atoms with E-state index in [2.05, 4.69) is 5.28 Å². The van der Waals surface area contributed by atoms with Crippen molar-refractivity contribution in [3.05, 3.63) is 5.21 Å². The zero-order valence-electron chi connectivity index (χ0n) is 11.9. The summed E-state index contributed by atoms with van der Waals surface area (Å²) in [5.41, 5.74) is 0. The quantitative estimate of drug-likeness (QED) is 0.291. The fraction of sp³-hybridized carbons (Fsp3) is 0.727. The van der Waals surface area contributed by atoms with Crippen LogP contribution in [0.4, 0.5) is 0 Å². The zero-order valence-corrected chi connectivity index (χ0v) is 11.9. The van der Waals surface area contributed by atoms with Crippen LogP contribution in [0.2, 0.25) is 0 Å². The number of nitrogens with zero attached hydrogens (tertiary/aromatic N) is 4. The Balaban J connectivity index is 2.45. The molecule has 1 rings (SSSR count). The molecule has 0 radical (unpaired) electrons. The summed E-state index contributed by atoms with van der Waals surface area (Å²) < 4.78 is 0. The summed E-state index contributed by atoms with van der Waals surface area (Å²) in [5, 5.41) is 24.4. The second kappa shape index (κ2) is 7.41. The molecular formula is C11H18N4O6. The number of imide groups is 1. The van der Waals surface area contributed by atoms with E-state index in [1.165, 1.54) is 14.0 Å². The third kappa shape index (κ3) is 4.89. The van der Waals surface area contributed by atoms with Gasteiger partial charge in [0.1, 0.15) is 0 Å². The molecule has 1 aliphatic rings. The topological polar surface area (TPSA) is 126 Å². The fourth-order valence-corrected chi connectivity index (χ4v) is 1.76. The lowest BCUT2D eigenvalue weighted by molar-refractivity contribution is -0.707. The van der Waals surface area contributed by atoms with Crippen LogP contribution in [0.3, 0.4) is 0 Å². The smallest absolute Gasteiger partial charge is 0.303 e. The van der Waals surface area contributed by atoms with E-state index in [1.54, 1.807) is 0 Å². The molecular weight excluding hydrogens is 284 g/mol. The minimum absolute atomic E-state index is 0.0633. The molecule has 1 saturated heterocycles. The maximum Gasteiger partial charge on any atom is 0.303 e. The molecule has 1 N–H and O–H groups in total. The normalized spacial score (nSPS) is 17.0. The first kappa shape index (κ1) is 16.7. The van der Waals surface area contributed by atoms with E-state index in [1.807, 2.05) is 0 Å². The van der Waals surface area contributed by atoms with Crippen molar-refractivity contribution >= 4 is 17.8 Å². The molecule has 0 aliphatic carbocycles. The Morgan fingerprint density at radius 3 is 2.62 bits per heavy atom. The van der Waals surface area contributed by atoms with E-state index in [-0.39, 0.29) is 49.0 Å². The lowest BCUT2D eigenvalue weighted by Crippen LogP contribution is -2.39. The van der Waals surface area contributed by atoms with Gasteiger partial charge >= 0.3 is 5.97 Å². The Morgan fingerprint density at radius 1 is 1.52 bits per heavy atom. The first-order chi connectivity index (χ1) is 9.82. The number of likely N-dealkylation sites (tertiary alicyclic amines) is 1. The van der Waals surface area contributed by atoms with Gasteiger partial charge in [-0.25, -0.2) is 4.90 Å². The van der Waals surface area contributed by atoms with Crippen LogP contribution in [0.5, 0.6) is 0 Å². The highest BCUT2D eigenvalue weighted by Crippen LogP contribution is 2.16. The lowest BCUT2D eigenvalue weighted by Gasteiger charge is -2.19. The van der Waals surface area contributed by atoms with Crippen LogP contribution in [0, 0.1) is 5.21 Å². The highest BCUT2D eigenvalue weighted by molar-refractivity contribution is 6.02. The molecule has 118 valence electrons. The summed E-state index contributed by atoms with van der Waals surface area (Å²) in [6.45, 7) is 1.61. The molecule has 1 aliphatic heterocycles. The summed E-state index contributed by atoms with van der Waals surface area (Å²) >= 11 is 0. The Morgan fingerprint density at radius 2 is 2.10 bits per heavy atom. The molecule has 21 heavy (non-hydrogen) atoms. The lowest BCUT2D eigenvalue weighted by atomic mass is 10.3. The standard InChI is InChI=1S/C11H18N4O6/c1-8(14-9(16)5-6-10(14)17)21-12-15(20)13(2)7-3-4-11(18)19/h8H,3-7H2,1-2H3,(H,18,19)/b15-12+. The van der Waals surface area contributed by atoms with Crippen molar-refractivity contribution in [1.29, 1.82) is 0 Å². The van der Waals surface area contributed by atoms with Gasteiger partial charge in [0.15, 0.2) is 0 Å². The molecule has 1 fully saturated rings. The minimum Gasteiger partial charge on any atom is -0.569 e. The second-order valence-electron chi connectivity index (χ2n) is 4.58. The van der Waals surface area contributed by atoms with Crippen molar-refractivity contribution in [2.24, 2.45) is 5.28 Å². The molecule has 2 amide bonds. The number of hydrogen-bond donors (Lipinski definition) is 1. The molecule has 1 unspecified atom stereocenters. The highest BCUT2D eigenvalue weighted by atomic mass is 16.7. The van der Waals surface area contributed by atoms with E-state index in [9.17, 15) is 19.6 Å². The number of carbonyl (C=O) groups is 3. The Hall–Kier alpha value is -2.39. The Bertz CT molecular complexity index is 436. The van der Waals surface area contributed by atoms with Gasteiger partial charge in [-0.15, -0.1) is 5.01 Å². The van der Waals surface area contributed by atoms with Crippen LogP contribution in [0.15, 0.2) is 5.28 Å². The number of amides is 2. The monoisotopic (exact) mass is 302 g/mol. The number of hydrogen-bond acceptors (Lipinski definition) is 6. The molecule has 0 aromatic heterocycles. The first-order valence-electron chi connectivity index (χ1n) is 6.44. The van der Waals surface area contributed by atoms with E-state index in [0.29, 0.717) is 0 Å². The van der Waals surface area contributed by atoms with Crippen LogP contribution in [0.25, 0.3) is 0 Å². The summed E-state index contributed by atoms with van der Waals surface area (Å²) in [7, 11) is 1.42. The van der Waals surface area contributed by atoms with Crippen LogP contribution in [-0.2, 0) is 19.2 Å². The van der Waals surface area contributed by atoms with Gasteiger partial charge in [-0.2, -0.15) is 0 Å². The fourth-order valence-electron chi connectivity index (χ4n) is 1.76. The Labute approximate surface area is 121 Å². The molecule has 1 atom stereocenters. The third-order valence-electron chi connectivity index (χ3n) is 2.89. The van der Waals surface area contributed by atoms with Gasteiger partial charge in [0.2, 0.25) is 23.3 Å². The zero-order chi connectivity index (χ0) is 16.0. The maximum absolute atomic E-state index is 11.5. The van der Waals surface area contributed by atoms with Crippen molar-refractivity contribution in [2.45, 2.75) is 38.8 Å². The van der Waals surface area contributed by atoms with Gasteiger partial charge in [0.25, 0.3) is 0 Å². The highest BCUT2D eigenvalue weighted by Gasteiger charge is 2.34. The molecule has 10 heteroatoms. The van der Waals surface area contributed by atoms with Gasteiger partial charge in [0, 0.05) is 19.3 Å². The van der Waals surface area contributed by atoms with Crippen molar-refractivity contribution in [3.8, 4) is 0 Å². The van der Waals surface area contributed by atoms with Gasteiger partial charge in [0.05, 0.1) is 18.6 Å².